The molecule has 2 N–H and O–H groups in total. The van der Waals surface area contributed by atoms with Crippen molar-refractivity contribution < 1.29 is 9.59 Å². The Morgan fingerprint density at radius 3 is 2.41 bits per heavy atom. The first-order valence-electron chi connectivity index (χ1n) is 5.47. The van der Waals surface area contributed by atoms with Crippen molar-refractivity contribution >= 4 is 24.4 Å². The molecule has 0 aliphatic carbocycles. The van der Waals surface area contributed by atoms with Crippen molar-refractivity contribution in [1.82, 2.24) is 10.6 Å². The molecule has 0 saturated carbocycles. The molecule has 0 heterocycles. The summed E-state index contributed by atoms with van der Waals surface area (Å²) < 4.78 is 0. The molecule has 2 amide bonds. The third kappa shape index (κ3) is 4.91. The maximum atomic E-state index is 11.6. The number of rotatable bonds is 5. The molecule has 0 radical (unpaired) electrons. The van der Waals surface area contributed by atoms with Gasteiger partial charge in [0.1, 0.15) is 0 Å². The number of nitrogens with one attached hydrogen (secondary N) is 2. The van der Waals surface area contributed by atoms with E-state index < -0.39 is 0 Å². The monoisotopic (exact) mass is 252 g/mol. The fourth-order valence-electron chi connectivity index (χ4n) is 1.20. The van der Waals surface area contributed by atoms with Crippen molar-refractivity contribution in [2.45, 2.75) is 18.2 Å². The highest BCUT2D eigenvalue weighted by atomic mass is 32.1. The van der Waals surface area contributed by atoms with Crippen LogP contribution in [0.4, 0.5) is 0 Å². The zero-order valence-corrected chi connectivity index (χ0v) is 10.6. The Morgan fingerprint density at radius 1 is 1.18 bits per heavy atom. The van der Waals surface area contributed by atoms with Crippen LogP contribution < -0.4 is 10.6 Å². The number of carbonyl (C=O) groups is 2. The Balaban J connectivity index is 2.39. The van der Waals surface area contributed by atoms with Gasteiger partial charge in [0, 0.05) is 17.0 Å². The number of benzene rings is 1. The summed E-state index contributed by atoms with van der Waals surface area (Å²) in [6.45, 7) is 2.60. The topological polar surface area (TPSA) is 58.2 Å². The van der Waals surface area contributed by atoms with Gasteiger partial charge in [0.15, 0.2) is 0 Å². The van der Waals surface area contributed by atoms with E-state index in [2.05, 4.69) is 23.3 Å². The van der Waals surface area contributed by atoms with Crippen molar-refractivity contribution in [2.24, 2.45) is 0 Å². The van der Waals surface area contributed by atoms with Crippen LogP contribution in [0.5, 0.6) is 0 Å². The van der Waals surface area contributed by atoms with E-state index in [1.165, 1.54) is 0 Å². The van der Waals surface area contributed by atoms with Crippen LogP contribution >= 0.6 is 12.6 Å². The number of hydrogen-bond acceptors (Lipinski definition) is 3. The average molecular weight is 252 g/mol. The summed E-state index contributed by atoms with van der Waals surface area (Å²) in [7, 11) is 0. The lowest BCUT2D eigenvalue weighted by molar-refractivity contribution is -0.120. The van der Waals surface area contributed by atoms with E-state index >= 15 is 0 Å². The highest BCUT2D eigenvalue weighted by Gasteiger charge is 2.06. The fraction of sp³-hybridized carbons (Fsp3) is 0.333. The van der Waals surface area contributed by atoms with Crippen molar-refractivity contribution in [3.8, 4) is 0 Å². The number of carbonyl (C=O) groups excluding carboxylic acids is 2. The standard InChI is InChI=1S/C12H16N2O2S/c1-2-7-13-11(15)8-14-12(16)9-3-5-10(17)6-4-9/h3-6,17H,2,7-8H2,1H3,(H,13,15)(H,14,16). The van der Waals surface area contributed by atoms with Gasteiger partial charge in [-0.2, -0.15) is 0 Å². The van der Waals surface area contributed by atoms with Crippen LogP contribution in [0.25, 0.3) is 0 Å². The molecule has 0 saturated heterocycles. The molecular weight excluding hydrogens is 236 g/mol. The first-order valence-corrected chi connectivity index (χ1v) is 5.92. The Bertz CT molecular complexity index is 390. The molecule has 0 unspecified atom stereocenters. The zero-order valence-electron chi connectivity index (χ0n) is 9.69. The second-order valence-electron chi connectivity index (χ2n) is 3.58. The Kier molecular flexibility index (Phi) is 5.56. The summed E-state index contributed by atoms with van der Waals surface area (Å²) in [5.74, 6) is -0.434. The van der Waals surface area contributed by atoms with Crippen LogP contribution in [-0.4, -0.2) is 24.9 Å². The van der Waals surface area contributed by atoms with Crippen molar-refractivity contribution in [1.29, 1.82) is 0 Å². The van der Waals surface area contributed by atoms with Gasteiger partial charge in [-0.05, 0) is 30.7 Å². The molecule has 0 spiro atoms. The highest BCUT2D eigenvalue weighted by Crippen LogP contribution is 2.07. The normalized spacial score (nSPS) is 9.76. The molecule has 1 rings (SSSR count). The lowest BCUT2D eigenvalue weighted by Gasteiger charge is -2.06. The molecular formula is C12H16N2O2S. The van der Waals surface area contributed by atoms with Gasteiger partial charge in [-0.1, -0.05) is 6.92 Å². The molecule has 1 aromatic carbocycles. The molecule has 0 bridgehead atoms. The van der Waals surface area contributed by atoms with E-state index in [9.17, 15) is 9.59 Å². The molecule has 0 aromatic heterocycles. The van der Waals surface area contributed by atoms with E-state index in [1.54, 1.807) is 24.3 Å². The summed E-state index contributed by atoms with van der Waals surface area (Å²) in [6.07, 6.45) is 0.878. The van der Waals surface area contributed by atoms with E-state index in [0.717, 1.165) is 11.3 Å². The third-order valence-electron chi connectivity index (χ3n) is 2.11. The van der Waals surface area contributed by atoms with Gasteiger partial charge < -0.3 is 10.6 Å². The van der Waals surface area contributed by atoms with Gasteiger partial charge in [-0.25, -0.2) is 0 Å². The van der Waals surface area contributed by atoms with Crippen molar-refractivity contribution in [3.63, 3.8) is 0 Å². The lowest BCUT2D eigenvalue weighted by atomic mass is 10.2. The number of hydrogen-bond donors (Lipinski definition) is 3. The van der Waals surface area contributed by atoms with Crippen molar-refractivity contribution in [2.75, 3.05) is 13.1 Å². The minimum absolute atomic E-state index is 0.00145. The first kappa shape index (κ1) is 13.6. The fourth-order valence-corrected chi connectivity index (χ4v) is 1.35. The van der Waals surface area contributed by atoms with Crippen LogP contribution in [0.1, 0.15) is 23.7 Å². The summed E-state index contributed by atoms with van der Waals surface area (Å²) in [6, 6.07) is 6.80. The van der Waals surface area contributed by atoms with E-state index in [0.29, 0.717) is 12.1 Å². The highest BCUT2D eigenvalue weighted by molar-refractivity contribution is 7.80. The predicted octanol–water partition coefficient (Wildman–Crippen LogP) is 1.23. The zero-order chi connectivity index (χ0) is 12.7. The molecule has 92 valence electrons. The second kappa shape index (κ2) is 6.96. The van der Waals surface area contributed by atoms with Crippen LogP contribution in [0.15, 0.2) is 29.2 Å². The Labute approximate surface area is 106 Å². The lowest BCUT2D eigenvalue weighted by Crippen LogP contribution is -2.37. The smallest absolute Gasteiger partial charge is 0.251 e. The van der Waals surface area contributed by atoms with Gasteiger partial charge in [-0.3, -0.25) is 9.59 Å². The quantitative estimate of drug-likeness (QED) is 0.690. The summed E-state index contributed by atoms with van der Waals surface area (Å²) in [5.41, 5.74) is 0.520. The summed E-state index contributed by atoms with van der Waals surface area (Å²) >= 11 is 4.13. The predicted molar refractivity (Wildman–Crippen MR) is 69.3 cm³/mol. The molecule has 17 heavy (non-hydrogen) atoms. The minimum atomic E-state index is -0.259. The Morgan fingerprint density at radius 2 is 1.82 bits per heavy atom. The SMILES string of the molecule is CCCNC(=O)CNC(=O)c1ccc(S)cc1. The first-order chi connectivity index (χ1) is 8.13. The average Bonchev–Trinajstić information content (AvgIpc) is 2.34. The molecule has 1 aromatic rings. The van der Waals surface area contributed by atoms with Gasteiger partial charge in [0.25, 0.3) is 5.91 Å². The third-order valence-corrected chi connectivity index (χ3v) is 2.41. The van der Waals surface area contributed by atoms with Crippen LogP contribution in [0, 0.1) is 0 Å². The minimum Gasteiger partial charge on any atom is -0.355 e. The summed E-state index contributed by atoms with van der Waals surface area (Å²) in [4.78, 5) is 23.7. The maximum Gasteiger partial charge on any atom is 0.251 e. The van der Waals surface area contributed by atoms with Crippen molar-refractivity contribution in [3.05, 3.63) is 29.8 Å². The van der Waals surface area contributed by atoms with Gasteiger partial charge in [0.2, 0.25) is 5.91 Å². The second-order valence-corrected chi connectivity index (χ2v) is 4.10. The number of thiol groups is 1. The Hall–Kier alpha value is -1.49. The molecule has 0 aliphatic rings. The molecule has 0 aliphatic heterocycles. The van der Waals surface area contributed by atoms with Crippen LogP contribution in [-0.2, 0) is 4.79 Å². The van der Waals surface area contributed by atoms with Crippen LogP contribution in [0.2, 0.25) is 0 Å². The molecule has 0 atom stereocenters. The summed E-state index contributed by atoms with van der Waals surface area (Å²) in [5, 5.41) is 5.23. The number of amides is 2. The van der Waals surface area contributed by atoms with E-state index in [4.69, 9.17) is 0 Å². The van der Waals surface area contributed by atoms with Gasteiger partial charge in [-0.15, -0.1) is 12.6 Å². The maximum absolute atomic E-state index is 11.6. The van der Waals surface area contributed by atoms with Gasteiger partial charge >= 0.3 is 0 Å². The largest absolute Gasteiger partial charge is 0.355 e. The van der Waals surface area contributed by atoms with Gasteiger partial charge in [0.05, 0.1) is 6.54 Å². The van der Waals surface area contributed by atoms with Crippen LogP contribution in [0.3, 0.4) is 0 Å². The molecule has 5 heteroatoms. The molecule has 0 fully saturated rings. The van der Waals surface area contributed by atoms with E-state index in [1.807, 2.05) is 6.92 Å². The van der Waals surface area contributed by atoms with E-state index in [-0.39, 0.29) is 18.4 Å². The molecule has 4 nitrogen and oxygen atoms in total.